The van der Waals surface area contributed by atoms with Gasteiger partial charge in [0, 0.05) is 24.2 Å². The van der Waals surface area contributed by atoms with Gasteiger partial charge in [-0.1, -0.05) is 26.7 Å². The summed E-state index contributed by atoms with van der Waals surface area (Å²) in [6.07, 6.45) is 10.8. The molecule has 0 radical (unpaired) electrons. The Morgan fingerprint density at radius 2 is 1.89 bits per heavy atom. The molecule has 0 spiro atoms. The second kappa shape index (κ2) is 5.92. The van der Waals surface area contributed by atoms with Crippen molar-refractivity contribution in [2.24, 2.45) is 11.7 Å². The van der Waals surface area contributed by atoms with Crippen LogP contribution in [0.15, 0.2) is 0 Å². The van der Waals surface area contributed by atoms with E-state index in [1.165, 1.54) is 51.4 Å². The summed E-state index contributed by atoms with van der Waals surface area (Å²) in [5.41, 5.74) is 6.59. The van der Waals surface area contributed by atoms with Gasteiger partial charge in [0.1, 0.15) is 0 Å². The van der Waals surface area contributed by atoms with Crippen LogP contribution in [0.1, 0.15) is 72.1 Å². The van der Waals surface area contributed by atoms with Gasteiger partial charge in [-0.05, 0) is 51.4 Å². The Hall–Kier alpha value is -0.0800. The standard InChI is InChI=1S/C16H32N2/c1-4-15-8-7-14(3)18(15)16(12-17)10-5-6-13(2)9-11-16/h13-15H,4-12,17H2,1-3H3. The Balaban J connectivity index is 2.19. The van der Waals surface area contributed by atoms with Crippen LogP contribution in [-0.2, 0) is 0 Å². The van der Waals surface area contributed by atoms with Gasteiger partial charge in [-0.2, -0.15) is 0 Å². The molecule has 0 aromatic heterocycles. The van der Waals surface area contributed by atoms with Crippen molar-refractivity contribution in [1.29, 1.82) is 0 Å². The minimum atomic E-state index is 0.321. The lowest BCUT2D eigenvalue weighted by Crippen LogP contribution is -2.57. The molecular weight excluding hydrogens is 220 g/mol. The predicted molar refractivity (Wildman–Crippen MR) is 78.6 cm³/mol. The van der Waals surface area contributed by atoms with Crippen molar-refractivity contribution in [3.8, 4) is 0 Å². The summed E-state index contributed by atoms with van der Waals surface area (Å²) in [4.78, 5) is 2.84. The number of rotatable bonds is 3. The maximum atomic E-state index is 6.27. The lowest BCUT2D eigenvalue weighted by atomic mass is 9.86. The fourth-order valence-corrected chi connectivity index (χ4v) is 4.46. The fraction of sp³-hybridized carbons (Fsp3) is 1.00. The molecule has 2 nitrogen and oxygen atoms in total. The molecule has 0 bridgehead atoms. The monoisotopic (exact) mass is 252 g/mol. The molecule has 2 N–H and O–H groups in total. The van der Waals surface area contributed by atoms with Crippen LogP contribution in [0.5, 0.6) is 0 Å². The molecule has 2 heteroatoms. The van der Waals surface area contributed by atoms with E-state index in [0.717, 1.165) is 24.5 Å². The van der Waals surface area contributed by atoms with E-state index in [4.69, 9.17) is 5.73 Å². The first-order valence-corrected chi connectivity index (χ1v) is 8.11. The van der Waals surface area contributed by atoms with Crippen LogP contribution in [0.3, 0.4) is 0 Å². The molecule has 1 saturated carbocycles. The summed E-state index contributed by atoms with van der Waals surface area (Å²) >= 11 is 0. The Kier molecular flexibility index (Phi) is 4.71. The summed E-state index contributed by atoms with van der Waals surface area (Å²) in [7, 11) is 0. The van der Waals surface area contributed by atoms with Crippen LogP contribution in [-0.4, -0.2) is 29.1 Å². The minimum Gasteiger partial charge on any atom is -0.329 e. The first kappa shape index (κ1) is 14.3. The quantitative estimate of drug-likeness (QED) is 0.778. The molecular formula is C16H32N2. The zero-order valence-corrected chi connectivity index (χ0v) is 12.6. The second-order valence-corrected chi connectivity index (χ2v) is 6.86. The summed E-state index contributed by atoms with van der Waals surface area (Å²) in [6, 6.07) is 1.53. The van der Waals surface area contributed by atoms with Crippen LogP contribution in [0.4, 0.5) is 0 Å². The third-order valence-electron chi connectivity index (χ3n) is 5.63. The van der Waals surface area contributed by atoms with Crippen molar-refractivity contribution < 1.29 is 0 Å². The van der Waals surface area contributed by atoms with Gasteiger partial charge in [0.25, 0.3) is 0 Å². The first-order chi connectivity index (χ1) is 8.63. The van der Waals surface area contributed by atoms with Gasteiger partial charge < -0.3 is 5.73 Å². The summed E-state index contributed by atoms with van der Waals surface area (Å²) < 4.78 is 0. The zero-order chi connectivity index (χ0) is 13.2. The highest BCUT2D eigenvalue weighted by molar-refractivity contribution is 5.01. The normalized spacial score (nSPS) is 43.0. The summed E-state index contributed by atoms with van der Waals surface area (Å²) in [6.45, 7) is 8.04. The van der Waals surface area contributed by atoms with Crippen LogP contribution in [0.25, 0.3) is 0 Å². The molecule has 2 aliphatic rings. The lowest BCUT2D eigenvalue weighted by Gasteiger charge is -2.47. The Morgan fingerprint density at radius 3 is 2.56 bits per heavy atom. The van der Waals surface area contributed by atoms with Crippen molar-refractivity contribution >= 4 is 0 Å². The topological polar surface area (TPSA) is 29.3 Å². The molecule has 1 aliphatic carbocycles. The Morgan fingerprint density at radius 1 is 1.11 bits per heavy atom. The number of likely N-dealkylation sites (tertiary alicyclic amines) is 1. The van der Waals surface area contributed by atoms with Gasteiger partial charge in [-0.3, -0.25) is 4.90 Å². The SMILES string of the molecule is CCC1CCC(C)N1C1(CN)CCCC(C)CC1. The largest absolute Gasteiger partial charge is 0.329 e. The molecule has 18 heavy (non-hydrogen) atoms. The summed E-state index contributed by atoms with van der Waals surface area (Å²) in [5.74, 6) is 0.899. The average molecular weight is 252 g/mol. The molecule has 2 rings (SSSR count). The molecule has 1 saturated heterocycles. The number of nitrogens with zero attached hydrogens (tertiary/aromatic N) is 1. The van der Waals surface area contributed by atoms with Crippen molar-refractivity contribution in [3.05, 3.63) is 0 Å². The molecule has 2 fully saturated rings. The third kappa shape index (κ3) is 2.60. The zero-order valence-electron chi connectivity index (χ0n) is 12.6. The second-order valence-electron chi connectivity index (χ2n) is 6.86. The van der Waals surface area contributed by atoms with Crippen LogP contribution >= 0.6 is 0 Å². The van der Waals surface area contributed by atoms with Crippen LogP contribution in [0, 0.1) is 5.92 Å². The molecule has 106 valence electrons. The van der Waals surface area contributed by atoms with Crippen LogP contribution in [0.2, 0.25) is 0 Å². The van der Waals surface area contributed by atoms with Crippen molar-refractivity contribution in [3.63, 3.8) is 0 Å². The molecule has 4 atom stereocenters. The van der Waals surface area contributed by atoms with Gasteiger partial charge in [-0.15, -0.1) is 0 Å². The number of nitrogens with two attached hydrogens (primary N) is 1. The molecule has 1 aliphatic heterocycles. The summed E-state index contributed by atoms with van der Waals surface area (Å²) in [5, 5.41) is 0. The molecule has 4 unspecified atom stereocenters. The molecule has 0 amide bonds. The first-order valence-electron chi connectivity index (χ1n) is 8.11. The van der Waals surface area contributed by atoms with E-state index in [-0.39, 0.29) is 0 Å². The van der Waals surface area contributed by atoms with Crippen molar-refractivity contribution in [2.75, 3.05) is 6.54 Å². The molecule has 1 heterocycles. The highest BCUT2D eigenvalue weighted by Gasteiger charge is 2.44. The molecule has 0 aromatic rings. The highest BCUT2D eigenvalue weighted by atomic mass is 15.3. The van der Waals surface area contributed by atoms with E-state index in [2.05, 4.69) is 25.7 Å². The molecule has 0 aromatic carbocycles. The van der Waals surface area contributed by atoms with Gasteiger partial charge >= 0.3 is 0 Å². The Labute approximate surface area is 113 Å². The number of hydrogen-bond donors (Lipinski definition) is 1. The maximum Gasteiger partial charge on any atom is 0.0337 e. The van der Waals surface area contributed by atoms with Gasteiger partial charge in [0.2, 0.25) is 0 Å². The van der Waals surface area contributed by atoms with Crippen molar-refractivity contribution in [2.45, 2.75) is 89.8 Å². The smallest absolute Gasteiger partial charge is 0.0337 e. The average Bonchev–Trinajstić information content (AvgIpc) is 2.65. The van der Waals surface area contributed by atoms with E-state index >= 15 is 0 Å². The minimum absolute atomic E-state index is 0.321. The lowest BCUT2D eigenvalue weighted by molar-refractivity contribution is 0.0325. The number of hydrogen-bond acceptors (Lipinski definition) is 2. The van der Waals surface area contributed by atoms with E-state index in [1.807, 2.05) is 0 Å². The van der Waals surface area contributed by atoms with E-state index in [0.29, 0.717) is 5.54 Å². The van der Waals surface area contributed by atoms with Gasteiger partial charge in [0.15, 0.2) is 0 Å². The fourth-order valence-electron chi connectivity index (χ4n) is 4.46. The predicted octanol–water partition coefficient (Wildman–Crippen LogP) is 3.55. The van der Waals surface area contributed by atoms with Crippen LogP contribution < -0.4 is 5.73 Å². The third-order valence-corrected chi connectivity index (χ3v) is 5.63. The van der Waals surface area contributed by atoms with E-state index in [9.17, 15) is 0 Å². The van der Waals surface area contributed by atoms with Crippen molar-refractivity contribution in [1.82, 2.24) is 4.90 Å². The van der Waals surface area contributed by atoms with Gasteiger partial charge in [-0.25, -0.2) is 0 Å². The highest BCUT2D eigenvalue weighted by Crippen LogP contribution is 2.41. The van der Waals surface area contributed by atoms with E-state index in [1.54, 1.807) is 0 Å². The maximum absolute atomic E-state index is 6.27. The van der Waals surface area contributed by atoms with Gasteiger partial charge in [0.05, 0.1) is 0 Å². The van der Waals surface area contributed by atoms with E-state index < -0.39 is 0 Å². The Bertz CT molecular complexity index is 266.